The Bertz CT molecular complexity index is 331. The second-order valence-corrected chi connectivity index (χ2v) is 3.34. The Morgan fingerprint density at radius 2 is 2.33 bits per heavy atom. The van der Waals surface area contributed by atoms with Crippen LogP contribution < -0.4 is 11.0 Å². The summed E-state index contributed by atoms with van der Waals surface area (Å²) in [5.74, 6) is 0. The third kappa shape index (κ3) is 3.85. The molecule has 0 bridgehead atoms. The van der Waals surface area contributed by atoms with Crippen molar-refractivity contribution in [3.8, 4) is 0 Å². The second-order valence-electron chi connectivity index (χ2n) is 3.34. The van der Waals surface area contributed by atoms with Crippen LogP contribution in [0.4, 0.5) is 0 Å². The van der Waals surface area contributed by atoms with Crippen molar-refractivity contribution in [1.29, 1.82) is 0 Å². The largest absolute Gasteiger partial charge is 0.383 e. The molecule has 1 rings (SSSR count). The van der Waals surface area contributed by atoms with Gasteiger partial charge in [0.1, 0.15) is 6.33 Å². The van der Waals surface area contributed by atoms with Gasteiger partial charge < -0.3 is 10.1 Å². The van der Waals surface area contributed by atoms with E-state index in [1.165, 1.54) is 15.6 Å². The van der Waals surface area contributed by atoms with Gasteiger partial charge in [-0.1, -0.05) is 0 Å². The molecule has 6 nitrogen and oxygen atoms in total. The van der Waals surface area contributed by atoms with E-state index in [1.807, 2.05) is 0 Å². The van der Waals surface area contributed by atoms with Gasteiger partial charge in [-0.25, -0.2) is 9.48 Å². The van der Waals surface area contributed by atoms with E-state index in [1.54, 1.807) is 14.2 Å². The standard InChI is InChI=1S/C9H18N4O2/c1-12-8-11-13(9(12)14)6-3-4-10-5-7-15-2/h8,10H,3-7H2,1-2H3. The Balaban J connectivity index is 2.15. The van der Waals surface area contributed by atoms with Gasteiger partial charge in [0.05, 0.1) is 6.61 Å². The number of methoxy groups -OCH3 is 1. The monoisotopic (exact) mass is 214 g/mol. The molecule has 15 heavy (non-hydrogen) atoms. The van der Waals surface area contributed by atoms with Gasteiger partial charge in [0.2, 0.25) is 0 Å². The summed E-state index contributed by atoms with van der Waals surface area (Å²) in [6.45, 7) is 3.07. The molecule has 6 heteroatoms. The average molecular weight is 214 g/mol. The minimum Gasteiger partial charge on any atom is -0.383 e. The summed E-state index contributed by atoms with van der Waals surface area (Å²) in [6, 6.07) is 0. The molecule has 0 amide bonds. The molecule has 0 aliphatic carbocycles. The van der Waals surface area contributed by atoms with E-state index in [0.717, 1.165) is 19.5 Å². The van der Waals surface area contributed by atoms with Crippen LogP contribution in [0.2, 0.25) is 0 Å². The molecular weight excluding hydrogens is 196 g/mol. The van der Waals surface area contributed by atoms with Crippen LogP contribution >= 0.6 is 0 Å². The third-order valence-corrected chi connectivity index (χ3v) is 2.09. The van der Waals surface area contributed by atoms with Gasteiger partial charge in [0.25, 0.3) is 0 Å². The van der Waals surface area contributed by atoms with Gasteiger partial charge in [-0.3, -0.25) is 4.57 Å². The predicted molar refractivity (Wildman–Crippen MR) is 56.8 cm³/mol. The number of hydrogen-bond acceptors (Lipinski definition) is 4. The van der Waals surface area contributed by atoms with E-state index in [-0.39, 0.29) is 5.69 Å². The fourth-order valence-electron chi connectivity index (χ4n) is 1.23. The van der Waals surface area contributed by atoms with Crippen LogP contribution in [0.3, 0.4) is 0 Å². The number of ether oxygens (including phenoxy) is 1. The van der Waals surface area contributed by atoms with E-state index >= 15 is 0 Å². The Hall–Kier alpha value is -1.14. The Kier molecular flexibility index (Phi) is 5.06. The maximum absolute atomic E-state index is 11.4. The van der Waals surface area contributed by atoms with Crippen molar-refractivity contribution in [3.63, 3.8) is 0 Å². The lowest BCUT2D eigenvalue weighted by Crippen LogP contribution is -2.26. The molecule has 0 fully saturated rings. The first kappa shape index (κ1) is 11.9. The van der Waals surface area contributed by atoms with Crippen molar-refractivity contribution in [2.24, 2.45) is 7.05 Å². The van der Waals surface area contributed by atoms with Crippen LogP contribution in [0.1, 0.15) is 6.42 Å². The summed E-state index contributed by atoms with van der Waals surface area (Å²) in [7, 11) is 3.37. The number of aryl methyl sites for hydroxylation is 2. The van der Waals surface area contributed by atoms with Crippen molar-refractivity contribution < 1.29 is 4.74 Å². The summed E-state index contributed by atoms with van der Waals surface area (Å²) in [4.78, 5) is 11.4. The molecule has 0 saturated carbocycles. The topological polar surface area (TPSA) is 61.1 Å². The van der Waals surface area contributed by atoms with Gasteiger partial charge in [0, 0.05) is 27.2 Å². The number of nitrogens with one attached hydrogen (secondary N) is 1. The summed E-state index contributed by atoms with van der Waals surface area (Å²) in [5.41, 5.74) is -0.0631. The first-order valence-corrected chi connectivity index (χ1v) is 5.04. The molecule has 0 aliphatic rings. The lowest BCUT2D eigenvalue weighted by Gasteiger charge is -2.03. The summed E-state index contributed by atoms with van der Waals surface area (Å²) in [6.07, 6.45) is 2.42. The van der Waals surface area contributed by atoms with Gasteiger partial charge in [-0.2, -0.15) is 5.10 Å². The van der Waals surface area contributed by atoms with Crippen LogP contribution in [0.25, 0.3) is 0 Å². The van der Waals surface area contributed by atoms with Crippen molar-refractivity contribution in [1.82, 2.24) is 19.7 Å². The fraction of sp³-hybridized carbons (Fsp3) is 0.778. The molecule has 1 heterocycles. The highest BCUT2D eigenvalue weighted by atomic mass is 16.5. The molecule has 0 aromatic carbocycles. The van der Waals surface area contributed by atoms with Crippen molar-refractivity contribution >= 4 is 0 Å². The minimum absolute atomic E-state index is 0.0631. The number of aromatic nitrogens is 3. The number of hydrogen-bond donors (Lipinski definition) is 1. The van der Waals surface area contributed by atoms with E-state index in [4.69, 9.17) is 4.74 Å². The predicted octanol–water partition coefficient (Wildman–Crippen LogP) is -0.792. The SMILES string of the molecule is COCCNCCCn1ncn(C)c1=O. The minimum atomic E-state index is -0.0631. The zero-order chi connectivity index (χ0) is 11.1. The van der Waals surface area contributed by atoms with Gasteiger partial charge in [0.15, 0.2) is 0 Å². The Morgan fingerprint density at radius 3 is 2.93 bits per heavy atom. The molecule has 1 aromatic heterocycles. The molecule has 0 radical (unpaired) electrons. The van der Waals surface area contributed by atoms with Gasteiger partial charge in [-0.15, -0.1) is 0 Å². The zero-order valence-electron chi connectivity index (χ0n) is 9.27. The van der Waals surface area contributed by atoms with Crippen LogP contribution in [0.5, 0.6) is 0 Å². The van der Waals surface area contributed by atoms with Crippen LogP contribution in [0, 0.1) is 0 Å². The lowest BCUT2D eigenvalue weighted by atomic mass is 10.4. The normalized spacial score (nSPS) is 10.8. The van der Waals surface area contributed by atoms with E-state index in [2.05, 4.69) is 10.4 Å². The van der Waals surface area contributed by atoms with E-state index < -0.39 is 0 Å². The molecule has 0 spiro atoms. The first-order chi connectivity index (χ1) is 7.25. The summed E-state index contributed by atoms with van der Waals surface area (Å²) < 4.78 is 7.84. The van der Waals surface area contributed by atoms with Crippen LogP contribution in [-0.4, -0.2) is 41.2 Å². The highest BCUT2D eigenvalue weighted by Crippen LogP contribution is 1.82. The maximum atomic E-state index is 11.4. The molecule has 1 aromatic rings. The highest BCUT2D eigenvalue weighted by molar-refractivity contribution is 4.65. The van der Waals surface area contributed by atoms with Crippen molar-refractivity contribution in [2.45, 2.75) is 13.0 Å². The molecule has 0 unspecified atom stereocenters. The van der Waals surface area contributed by atoms with E-state index in [0.29, 0.717) is 13.2 Å². The third-order valence-electron chi connectivity index (χ3n) is 2.09. The smallest absolute Gasteiger partial charge is 0.345 e. The number of nitrogens with zero attached hydrogens (tertiary/aromatic N) is 3. The van der Waals surface area contributed by atoms with Crippen molar-refractivity contribution in [3.05, 3.63) is 16.8 Å². The highest BCUT2D eigenvalue weighted by Gasteiger charge is 1.99. The van der Waals surface area contributed by atoms with Gasteiger partial charge in [-0.05, 0) is 13.0 Å². The maximum Gasteiger partial charge on any atom is 0.345 e. The summed E-state index contributed by atoms with van der Waals surface area (Å²) >= 11 is 0. The zero-order valence-corrected chi connectivity index (χ0v) is 9.27. The molecule has 0 saturated heterocycles. The lowest BCUT2D eigenvalue weighted by molar-refractivity contribution is 0.199. The average Bonchev–Trinajstić information content (AvgIpc) is 2.54. The summed E-state index contributed by atoms with van der Waals surface area (Å²) in [5, 5.41) is 7.17. The van der Waals surface area contributed by atoms with Crippen LogP contribution in [-0.2, 0) is 18.3 Å². The van der Waals surface area contributed by atoms with Crippen molar-refractivity contribution in [2.75, 3.05) is 26.8 Å². The molecule has 1 N–H and O–H groups in total. The molecule has 86 valence electrons. The quantitative estimate of drug-likeness (QED) is 0.604. The first-order valence-electron chi connectivity index (χ1n) is 5.04. The molecule has 0 atom stereocenters. The number of rotatable bonds is 7. The second kappa shape index (κ2) is 6.36. The molecule has 0 aliphatic heterocycles. The molecular formula is C9H18N4O2. The Morgan fingerprint density at radius 1 is 1.53 bits per heavy atom. The Labute approximate surface area is 88.8 Å². The fourth-order valence-corrected chi connectivity index (χ4v) is 1.23. The van der Waals surface area contributed by atoms with Crippen LogP contribution in [0.15, 0.2) is 11.1 Å². The van der Waals surface area contributed by atoms with Gasteiger partial charge >= 0.3 is 5.69 Å². The van der Waals surface area contributed by atoms with E-state index in [9.17, 15) is 4.79 Å².